The summed E-state index contributed by atoms with van der Waals surface area (Å²) in [5.74, 6) is 1.05. The first kappa shape index (κ1) is 16.4. The van der Waals surface area contributed by atoms with Crippen LogP contribution < -0.4 is 15.4 Å². The fourth-order valence-corrected chi connectivity index (χ4v) is 3.03. The highest BCUT2D eigenvalue weighted by Crippen LogP contribution is 2.34. The molecule has 0 aliphatic carbocycles. The van der Waals surface area contributed by atoms with Gasteiger partial charge in [0, 0.05) is 34.1 Å². The van der Waals surface area contributed by atoms with Crippen LogP contribution in [0.25, 0.3) is 11.3 Å². The van der Waals surface area contributed by atoms with E-state index in [0.29, 0.717) is 22.4 Å². The minimum atomic E-state index is -0.121. The van der Waals surface area contributed by atoms with Gasteiger partial charge in [-0.1, -0.05) is 17.7 Å². The van der Waals surface area contributed by atoms with Crippen LogP contribution in [-0.4, -0.2) is 23.0 Å². The van der Waals surface area contributed by atoms with Crippen molar-refractivity contribution in [3.63, 3.8) is 0 Å². The first-order valence-corrected chi connectivity index (χ1v) is 8.37. The van der Waals surface area contributed by atoms with Gasteiger partial charge in [0.2, 0.25) is 11.9 Å². The fourth-order valence-electron chi connectivity index (χ4n) is 2.85. The molecule has 0 bridgehead atoms. The van der Waals surface area contributed by atoms with Crippen molar-refractivity contribution in [2.75, 3.05) is 17.7 Å². The molecule has 2 heterocycles. The van der Waals surface area contributed by atoms with Gasteiger partial charge in [-0.15, -0.1) is 0 Å². The Morgan fingerprint density at radius 1 is 1.23 bits per heavy atom. The van der Waals surface area contributed by atoms with Gasteiger partial charge < -0.3 is 15.4 Å². The minimum absolute atomic E-state index is 0.121. The summed E-state index contributed by atoms with van der Waals surface area (Å²) in [6.45, 7) is 0. The van der Waals surface area contributed by atoms with Gasteiger partial charge in [0.05, 0.1) is 24.9 Å². The van der Waals surface area contributed by atoms with Gasteiger partial charge in [0.1, 0.15) is 5.75 Å². The van der Waals surface area contributed by atoms with Crippen molar-refractivity contribution >= 4 is 34.8 Å². The molecule has 4 rings (SSSR count). The second-order valence-corrected chi connectivity index (χ2v) is 6.28. The lowest BCUT2D eigenvalue weighted by molar-refractivity contribution is -0.115. The van der Waals surface area contributed by atoms with Crippen molar-refractivity contribution in [3.8, 4) is 17.0 Å². The first-order chi connectivity index (χ1) is 12.6. The summed E-state index contributed by atoms with van der Waals surface area (Å²) in [5.41, 5.74) is 3.73. The third kappa shape index (κ3) is 3.19. The molecule has 0 spiro atoms. The number of carbonyl (C=O) groups excluding carboxylic acids is 1. The molecule has 130 valence electrons. The molecule has 26 heavy (non-hydrogen) atoms. The summed E-state index contributed by atoms with van der Waals surface area (Å²) in [7, 11) is 1.62. The monoisotopic (exact) mass is 366 g/mol. The maximum atomic E-state index is 12.1. The van der Waals surface area contributed by atoms with Crippen LogP contribution in [0.2, 0.25) is 5.02 Å². The molecule has 1 amide bonds. The van der Waals surface area contributed by atoms with E-state index in [0.717, 1.165) is 22.6 Å². The Hall–Kier alpha value is -3.12. The standard InChI is InChI=1S/C19H15ClN4O2/c1-26-14-4-2-3-13(9-14)22-19-21-10-11-7-17(25)23-16-8-12(20)5-6-15(16)18(11)24-19/h2-6,8-10H,7H2,1H3,(H,23,25)(H,21,22,24). The van der Waals surface area contributed by atoms with Crippen LogP contribution in [0.4, 0.5) is 17.3 Å². The van der Waals surface area contributed by atoms with Gasteiger partial charge in [0.25, 0.3) is 0 Å². The van der Waals surface area contributed by atoms with Crippen LogP contribution in [0.5, 0.6) is 5.75 Å². The molecule has 1 aromatic heterocycles. The van der Waals surface area contributed by atoms with Crippen LogP contribution in [0.1, 0.15) is 5.56 Å². The maximum absolute atomic E-state index is 12.1. The molecule has 1 aliphatic heterocycles. The maximum Gasteiger partial charge on any atom is 0.228 e. The van der Waals surface area contributed by atoms with E-state index in [-0.39, 0.29) is 12.3 Å². The molecule has 0 saturated heterocycles. The van der Waals surface area contributed by atoms with E-state index in [9.17, 15) is 4.79 Å². The van der Waals surface area contributed by atoms with Crippen LogP contribution >= 0.6 is 11.6 Å². The topological polar surface area (TPSA) is 76.1 Å². The quantitative estimate of drug-likeness (QED) is 0.731. The largest absolute Gasteiger partial charge is 0.497 e. The number of carbonyl (C=O) groups is 1. The van der Waals surface area contributed by atoms with E-state index in [2.05, 4.69) is 20.6 Å². The number of hydrogen-bond donors (Lipinski definition) is 2. The lowest BCUT2D eigenvalue weighted by Crippen LogP contribution is -2.12. The van der Waals surface area contributed by atoms with Gasteiger partial charge in [-0.05, 0) is 30.3 Å². The molecule has 0 radical (unpaired) electrons. The fraction of sp³-hybridized carbons (Fsp3) is 0.105. The number of aromatic nitrogens is 2. The predicted molar refractivity (Wildman–Crippen MR) is 101 cm³/mol. The Morgan fingerprint density at radius 3 is 2.96 bits per heavy atom. The summed E-state index contributed by atoms with van der Waals surface area (Å²) in [6, 6.07) is 12.8. The Labute approximate surface area is 155 Å². The minimum Gasteiger partial charge on any atom is -0.497 e. The average molecular weight is 367 g/mol. The van der Waals surface area contributed by atoms with E-state index in [1.807, 2.05) is 30.3 Å². The van der Waals surface area contributed by atoms with E-state index >= 15 is 0 Å². The van der Waals surface area contributed by atoms with E-state index in [1.54, 1.807) is 25.4 Å². The summed E-state index contributed by atoms with van der Waals surface area (Å²) in [6.07, 6.45) is 1.88. The van der Waals surface area contributed by atoms with Crippen LogP contribution in [0.15, 0.2) is 48.7 Å². The smallest absolute Gasteiger partial charge is 0.228 e. The molecule has 7 heteroatoms. The summed E-state index contributed by atoms with van der Waals surface area (Å²) >= 11 is 6.06. The second kappa shape index (κ2) is 6.65. The van der Waals surface area contributed by atoms with Gasteiger partial charge in [-0.2, -0.15) is 0 Å². The number of anilines is 3. The Balaban J connectivity index is 1.76. The predicted octanol–water partition coefficient (Wildman–Crippen LogP) is 4.04. The highest BCUT2D eigenvalue weighted by atomic mass is 35.5. The number of amides is 1. The highest BCUT2D eigenvalue weighted by molar-refractivity contribution is 6.31. The van der Waals surface area contributed by atoms with E-state index in [4.69, 9.17) is 16.3 Å². The number of ether oxygens (including phenoxy) is 1. The van der Waals surface area contributed by atoms with Crippen LogP contribution in [0, 0.1) is 0 Å². The summed E-state index contributed by atoms with van der Waals surface area (Å²) in [4.78, 5) is 21.1. The molecular formula is C19H15ClN4O2. The zero-order valence-electron chi connectivity index (χ0n) is 13.9. The number of halogens is 1. The van der Waals surface area contributed by atoms with Gasteiger partial charge in [-0.25, -0.2) is 9.97 Å². The number of methoxy groups -OCH3 is 1. The number of benzene rings is 2. The number of nitrogens with zero attached hydrogens (tertiary/aromatic N) is 2. The van der Waals surface area contributed by atoms with Crippen LogP contribution in [-0.2, 0) is 11.2 Å². The number of rotatable bonds is 3. The molecular weight excluding hydrogens is 352 g/mol. The van der Waals surface area contributed by atoms with Crippen molar-refractivity contribution in [2.24, 2.45) is 0 Å². The zero-order valence-corrected chi connectivity index (χ0v) is 14.7. The molecule has 2 N–H and O–H groups in total. The van der Waals surface area contributed by atoms with Crippen molar-refractivity contribution in [1.82, 2.24) is 9.97 Å². The lowest BCUT2D eigenvalue weighted by Gasteiger charge is -2.11. The van der Waals surface area contributed by atoms with Gasteiger partial charge >= 0.3 is 0 Å². The van der Waals surface area contributed by atoms with Crippen molar-refractivity contribution in [2.45, 2.75) is 6.42 Å². The van der Waals surface area contributed by atoms with E-state index in [1.165, 1.54) is 0 Å². The molecule has 6 nitrogen and oxygen atoms in total. The first-order valence-electron chi connectivity index (χ1n) is 7.99. The molecule has 2 aromatic carbocycles. The van der Waals surface area contributed by atoms with Crippen molar-refractivity contribution in [3.05, 3.63) is 59.2 Å². The highest BCUT2D eigenvalue weighted by Gasteiger charge is 2.21. The third-order valence-electron chi connectivity index (χ3n) is 4.05. The third-order valence-corrected chi connectivity index (χ3v) is 4.29. The van der Waals surface area contributed by atoms with Crippen molar-refractivity contribution < 1.29 is 9.53 Å². The molecule has 1 aliphatic rings. The molecule has 0 fully saturated rings. The Kier molecular flexibility index (Phi) is 4.18. The average Bonchev–Trinajstić information content (AvgIpc) is 2.76. The Bertz CT molecular complexity index is 1010. The second-order valence-electron chi connectivity index (χ2n) is 5.84. The van der Waals surface area contributed by atoms with Crippen molar-refractivity contribution in [1.29, 1.82) is 0 Å². The Morgan fingerprint density at radius 2 is 2.12 bits per heavy atom. The lowest BCUT2D eigenvalue weighted by atomic mass is 10.1. The molecule has 3 aromatic rings. The number of fused-ring (bicyclic) bond motifs is 3. The van der Waals surface area contributed by atoms with E-state index < -0.39 is 0 Å². The van der Waals surface area contributed by atoms with Gasteiger partial charge in [0.15, 0.2) is 0 Å². The number of hydrogen-bond acceptors (Lipinski definition) is 5. The number of nitrogens with one attached hydrogen (secondary N) is 2. The molecule has 0 atom stereocenters. The van der Waals surface area contributed by atoms with Gasteiger partial charge in [-0.3, -0.25) is 4.79 Å². The SMILES string of the molecule is COc1cccc(Nc2ncc3c(n2)-c2ccc(Cl)cc2NC(=O)C3)c1. The normalized spacial score (nSPS) is 12.5. The summed E-state index contributed by atoms with van der Waals surface area (Å²) in [5, 5.41) is 6.59. The molecule has 0 saturated carbocycles. The summed E-state index contributed by atoms with van der Waals surface area (Å²) < 4.78 is 5.23. The zero-order chi connectivity index (χ0) is 18.1. The van der Waals surface area contributed by atoms with Crippen LogP contribution in [0.3, 0.4) is 0 Å². The molecule has 0 unspecified atom stereocenters.